The highest BCUT2D eigenvalue weighted by molar-refractivity contribution is 7.15. The van der Waals surface area contributed by atoms with Crippen LogP contribution in [0.4, 0.5) is 0 Å². The van der Waals surface area contributed by atoms with Crippen LogP contribution < -0.4 is 4.74 Å². The Kier molecular flexibility index (Phi) is 4.26. The van der Waals surface area contributed by atoms with Crippen molar-refractivity contribution in [3.63, 3.8) is 0 Å². The van der Waals surface area contributed by atoms with Crippen LogP contribution in [0.15, 0.2) is 11.2 Å². The van der Waals surface area contributed by atoms with Crippen LogP contribution in [0.1, 0.15) is 29.1 Å². The van der Waals surface area contributed by atoms with Gasteiger partial charge in [0.15, 0.2) is 0 Å². The second kappa shape index (κ2) is 6.15. The fourth-order valence-electron chi connectivity index (χ4n) is 2.55. The van der Waals surface area contributed by atoms with Crippen LogP contribution >= 0.6 is 11.3 Å². The van der Waals surface area contributed by atoms with Crippen LogP contribution in [0.25, 0.3) is 5.57 Å². The molecule has 0 bridgehead atoms. The fourth-order valence-corrected chi connectivity index (χ4v) is 3.67. The zero-order valence-corrected chi connectivity index (χ0v) is 13.6. The van der Waals surface area contributed by atoms with Gasteiger partial charge < -0.3 is 14.5 Å². The predicted molar refractivity (Wildman–Crippen MR) is 85.0 cm³/mol. The lowest BCUT2D eigenvalue weighted by Gasteiger charge is -2.21. The van der Waals surface area contributed by atoms with E-state index in [2.05, 4.69) is 28.2 Å². The Morgan fingerprint density at radius 2 is 2.24 bits per heavy atom. The maximum atomic E-state index is 5.47. The topological polar surface area (TPSA) is 47.0 Å². The van der Waals surface area contributed by atoms with Crippen LogP contribution in [0, 0.1) is 5.92 Å². The predicted octanol–water partition coefficient (Wildman–Crippen LogP) is 2.63. The van der Waals surface area contributed by atoms with Crippen molar-refractivity contribution >= 4 is 22.6 Å². The Bertz CT molecular complexity index is 575. The SMILES string of the molecule is CON=C(c1sc(C2=CCCN(C)C2)nc1OC)C1CC1. The summed E-state index contributed by atoms with van der Waals surface area (Å²) in [5.41, 5.74) is 2.27. The third-order valence-corrected chi connectivity index (χ3v) is 4.93. The molecule has 1 aromatic heterocycles. The number of methoxy groups -OCH3 is 1. The Morgan fingerprint density at radius 1 is 1.43 bits per heavy atom. The van der Waals surface area contributed by atoms with E-state index < -0.39 is 0 Å². The van der Waals surface area contributed by atoms with Gasteiger partial charge in [0.1, 0.15) is 22.7 Å². The van der Waals surface area contributed by atoms with Gasteiger partial charge in [-0.2, -0.15) is 0 Å². The van der Waals surface area contributed by atoms with Crippen LogP contribution in [-0.4, -0.2) is 50.0 Å². The number of aromatic nitrogens is 1. The van der Waals surface area contributed by atoms with Crippen molar-refractivity contribution < 1.29 is 9.57 Å². The Labute approximate surface area is 129 Å². The Hall–Kier alpha value is -1.40. The van der Waals surface area contributed by atoms with Crippen LogP contribution in [0.5, 0.6) is 5.88 Å². The second-order valence-corrected chi connectivity index (χ2v) is 6.55. The first-order valence-electron chi connectivity index (χ1n) is 7.27. The summed E-state index contributed by atoms with van der Waals surface area (Å²) in [5.74, 6) is 1.17. The van der Waals surface area contributed by atoms with Crippen molar-refractivity contribution in [1.29, 1.82) is 0 Å². The molecule has 0 N–H and O–H groups in total. The van der Waals surface area contributed by atoms with E-state index in [1.165, 1.54) is 18.4 Å². The molecular formula is C15H21N3O2S. The molecule has 0 spiro atoms. The molecule has 6 heteroatoms. The van der Waals surface area contributed by atoms with E-state index in [4.69, 9.17) is 9.57 Å². The largest absolute Gasteiger partial charge is 0.480 e. The van der Waals surface area contributed by atoms with Gasteiger partial charge in [-0.25, -0.2) is 4.98 Å². The molecule has 0 atom stereocenters. The minimum atomic E-state index is 0.496. The van der Waals surface area contributed by atoms with Crippen molar-refractivity contribution in [3.8, 4) is 5.88 Å². The highest BCUT2D eigenvalue weighted by Crippen LogP contribution is 2.40. The Balaban J connectivity index is 1.94. The molecule has 1 fully saturated rings. The molecular weight excluding hydrogens is 286 g/mol. The van der Waals surface area contributed by atoms with Crippen molar-refractivity contribution in [2.75, 3.05) is 34.4 Å². The lowest BCUT2D eigenvalue weighted by atomic mass is 10.1. The molecule has 1 aromatic rings. The van der Waals surface area contributed by atoms with E-state index in [1.54, 1.807) is 25.6 Å². The fraction of sp³-hybridized carbons (Fsp3) is 0.600. The lowest BCUT2D eigenvalue weighted by Crippen LogP contribution is -2.24. The van der Waals surface area contributed by atoms with Gasteiger partial charge >= 0.3 is 0 Å². The van der Waals surface area contributed by atoms with Gasteiger partial charge in [0.05, 0.1) is 7.11 Å². The first-order valence-corrected chi connectivity index (χ1v) is 8.08. The van der Waals surface area contributed by atoms with Crippen molar-refractivity contribution in [1.82, 2.24) is 9.88 Å². The van der Waals surface area contributed by atoms with E-state index in [-0.39, 0.29) is 0 Å². The first kappa shape index (κ1) is 14.5. The van der Waals surface area contributed by atoms with Gasteiger partial charge in [0, 0.05) is 19.0 Å². The van der Waals surface area contributed by atoms with Crippen LogP contribution in [-0.2, 0) is 4.84 Å². The van der Waals surface area contributed by atoms with Gasteiger partial charge in [0.2, 0.25) is 5.88 Å². The molecule has 0 radical (unpaired) electrons. The van der Waals surface area contributed by atoms with E-state index in [1.807, 2.05) is 0 Å². The van der Waals surface area contributed by atoms with Crippen LogP contribution in [0.3, 0.4) is 0 Å². The monoisotopic (exact) mass is 307 g/mol. The number of oxime groups is 1. The standard InChI is InChI=1S/C15H21N3O2S/c1-18-8-4-5-11(9-18)15-16-14(19-2)13(21-15)12(17-20-3)10-6-7-10/h5,10H,4,6-9H2,1-3H3. The summed E-state index contributed by atoms with van der Waals surface area (Å²) in [6.07, 6.45) is 5.70. The van der Waals surface area contributed by atoms with Gasteiger partial charge in [-0.05, 0) is 31.9 Å². The minimum absolute atomic E-state index is 0.496. The normalized spacial score (nSPS) is 20.3. The van der Waals surface area contributed by atoms with Gasteiger partial charge in [0.25, 0.3) is 0 Å². The summed E-state index contributed by atoms with van der Waals surface area (Å²) in [4.78, 5) is 13.0. The number of thiazole rings is 1. The van der Waals surface area contributed by atoms with Crippen molar-refractivity contribution in [2.24, 2.45) is 11.1 Å². The molecule has 5 nitrogen and oxygen atoms in total. The van der Waals surface area contributed by atoms with Crippen molar-refractivity contribution in [3.05, 3.63) is 16.0 Å². The first-order chi connectivity index (χ1) is 10.2. The van der Waals surface area contributed by atoms with Crippen LogP contribution in [0.2, 0.25) is 0 Å². The number of likely N-dealkylation sites (N-methyl/N-ethyl adjacent to an activating group) is 1. The molecule has 1 aliphatic heterocycles. The number of nitrogens with zero attached hydrogens (tertiary/aromatic N) is 3. The molecule has 21 heavy (non-hydrogen) atoms. The number of hydrogen-bond acceptors (Lipinski definition) is 6. The van der Waals surface area contributed by atoms with E-state index in [9.17, 15) is 0 Å². The smallest absolute Gasteiger partial charge is 0.234 e. The molecule has 2 heterocycles. The second-order valence-electron chi connectivity index (χ2n) is 5.55. The van der Waals surface area contributed by atoms with E-state index in [0.29, 0.717) is 11.8 Å². The third kappa shape index (κ3) is 3.11. The molecule has 1 saturated carbocycles. The molecule has 3 rings (SSSR count). The maximum absolute atomic E-state index is 5.47. The third-order valence-electron chi connectivity index (χ3n) is 3.79. The van der Waals surface area contributed by atoms with E-state index >= 15 is 0 Å². The molecule has 0 aromatic carbocycles. The summed E-state index contributed by atoms with van der Waals surface area (Å²) in [7, 11) is 5.40. The number of rotatable bonds is 5. The molecule has 0 saturated heterocycles. The van der Waals surface area contributed by atoms with Gasteiger partial charge in [-0.3, -0.25) is 0 Å². The summed E-state index contributed by atoms with van der Waals surface area (Å²) in [6.45, 7) is 2.05. The molecule has 2 aliphatic rings. The zero-order valence-electron chi connectivity index (χ0n) is 12.8. The van der Waals surface area contributed by atoms with E-state index in [0.717, 1.165) is 35.1 Å². The quantitative estimate of drug-likeness (QED) is 0.620. The minimum Gasteiger partial charge on any atom is -0.480 e. The van der Waals surface area contributed by atoms with Gasteiger partial charge in [-0.1, -0.05) is 11.2 Å². The highest BCUT2D eigenvalue weighted by Gasteiger charge is 2.33. The highest BCUT2D eigenvalue weighted by atomic mass is 32.1. The number of hydrogen-bond donors (Lipinski definition) is 0. The summed E-state index contributed by atoms with van der Waals surface area (Å²) >= 11 is 1.67. The Morgan fingerprint density at radius 3 is 2.86 bits per heavy atom. The average molecular weight is 307 g/mol. The zero-order chi connectivity index (χ0) is 14.8. The number of ether oxygens (including phenoxy) is 1. The van der Waals surface area contributed by atoms with Crippen molar-refractivity contribution in [2.45, 2.75) is 19.3 Å². The summed E-state index contributed by atoms with van der Waals surface area (Å²) in [6, 6.07) is 0. The molecule has 1 aliphatic carbocycles. The molecule has 114 valence electrons. The lowest BCUT2D eigenvalue weighted by molar-refractivity contribution is 0.212. The van der Waals surface area contributed by atoms with Gasteiger partial charge in [-0.15, -0.1) is 11.3 Å². The molecule has 0 unspecified atom stereocenters. The molecule has 0 amide bonds. The maximum Gasteiger partial charge on any atom is 0.234 e. The average Bonchev–Trinajstić information content (AvgIpc) is 3.23. The summed E-state index contributed by atoms with van der Waals surface area (Å²) < 4.78 is 5.47. The summed E-state index contributed by atoms with van der Waals surface area (Å²) in [5, 5.41) is 5.26.